The highest BCUT2D eigenvalue weighted by molar-refractivity contribution is 5.92. The zero-order valence-electron chi connectivity index (χ0n) is 9.75. The number of carbonyl (C=O) groups excluding carboxylic acids is 1. The normalized spacial score (nSPS) is 10.1. The molecule has 1 amide bonds. The Bertz CT molecular complexity index is 364. The van der Waals surface area contributed by atoms with Crippen LogP contribution in [0.3, 0.4) is 0 Å². The fraction of sp³-hybridized carbons (Fsp3) is 0.417. The topological polar surface area (TPSA) is 64.3 Å². The molecule has 0 heterocycles. The van der Waals surface area contributed by atoms with E-state index in [9.17, 15) is 4.79 Å². The average molecular weight is 222 g/mol. The van der Waals surface area contributed by atoms with Crippen molar-refractivity contribution in [3.05, 3.63) is 23.8 Å². The third-order valence-electron chi connectivity index (χ3n) is 2.33. The van der Waals surface area contributed by atoms with Crippen LogP contribution in [0.5, 0.6) is 0 Å². The molecule has 1 rings (SSSR count). The molecule has 4 nitrogen and oxygen atoms in total. The van der Waals surface area contributed by atoms with Crippen LogP contribution in [-0.2, 0) is 9.53 Å². The first-order chi connectivity index (χ1) is 7.65. The lowest BCUT2D eigenvalue weighted by molar-refractivity contribution is -0.117. The second kappa shape index (κ2) is 6.12. The Labute approximate surface area is 95.8 Å². The lowest BCUT2D eigenvalue weighted by Gasteiger charge is -2.09. The number of nitrogen functional groups attached to an aromatic ring is 1. The summed E-state index contributed by atoms with van der Waals surface area (Å²) < 4.78 is 5.11. The number of rotatable bonds is 5. The fourth-order valence-electron chi connectivity index (χ4n) is 1.31. The van der Waals surface area contributed by atoms with E-state index in [2.05, 4.69) is 5.32 Å². The molecule has 0 aliphatic carbocycles. The molecule has 0 unspecified atom stereocenters. The second-order valence-corrected chi connectivity index (χ2v) is 3.51. The van der Waals surface area contributed by atoms with Gasteiger partial charge in [0.05, 0.1) is 13.0 Å². The molecule has 0 fully saturated rings. The van der Waals surface area contributed by atoms with E-state index in [1.807, 2.05) is 32.0 Å². The molecule has 1 aromatic carbocycles. The lowest BCUT2D eigenvalue weighted by Crippen LogP contribution is -2.15. The van der Waals surface area contributed by atoms with Crippen molar-refractivity contribution in [3.63, 3.8) is 0 Å². The van der Waals surface area contributed by atoms with Crippen LogP contribution in [0.4, 0.5) is 11.4 Å². The third-order valence-corrected chi connectivity index (χ3v) is 2.33. The minimum atomic E-state index is -0.0536. The van der Waals surface area contributed by atoms with Gasteiger partial charge in [-0.15, -0.1) is 0 Å². The van der Waals surface area contributed by atoms with E-state index in [0.29, 0.717) is 25.3 Å². The van der Waals surface area contributed by atoms with Gasteiger partial charge in [-0.3, -0.25) is 4.79 Å². The Kier molecular flexibility index (Phi) is 4.79. The summed E-state index contributed by atoms with van der Waals surface area (Å²) in [4.78, 5) is 11.5. The molecule has 0 saturated heterocycles. The molecule has 1 aromatic rings. The van der Waals surface area contributed by atoms with Gasteiger partial charge in [-0.05, 0) is 31.5 Å². The number of ether oxygens (including phenoxy) is 1. The van der Waals surface area contributed by atoms with Crippen molar-refractivity contribution in [2.24, 2.45) is 0 Å². The molecule has 0 aliphatic rings. The number of amides is 1. The Balaban J connectivity index is 2.53. The van der Waals surface area contributed by atoms with Gasteiger partial charge >= 0.3 is 0 Å². The van der Waals surface area contributed by atoms with E-state index >= 15 is 0 Å². The van der Waals surface area contributed by atoms with Crippen molar-refractivity contribution < 1.29 is 9.53 Å². The Morgan fingerprint density at radius 2 is 2.25 bits per heavy atom. The molecule has 0 saturated carbocycles. The van der Waals surface area contributed by atoms with Gasteiger partial charge in [-0.25, -0.2) is 0 Å². The molecule has 0 aliphatic heterocycles. The smallest absolute Gasteiger partial charge is 0.226 e. The molecule has 4 heteroatoms. The molecule has 0 radical (unpaired) electrons. The molecule has 0 aromatic heterocycles. The largest absolute Gasteiger partial charge is 0.398 e. The SMILES string of the molecule is CCOCCC(=O)Nc1cccc(N)c1C. The van der Waals surface area contributed by atoms with Gasteiger partial charge in [0, 0.05) is 18.0 Å². The monoisotopic (exact) mass is 222 g/mol. The maximum absolute atomic E-state index is 11.5. The third kappa shape index (κ3) is 3.55. The Morgan fingerprint density at radius 3 is 2.94 bits per heavy atom. The first kappa shape index (κ1) is 12.5. The van der Waals surface area contributed by atoms with E-state index in [4.69, 9.17) is 10.5 Å². The van der Waals surface area contributed by atoms with Crippen molar-refractivity contribution >= 4 is 17.3 Å². The van der Waals surface area contributed by atoms with E-state index in [-0.39, 0.29) is 5.91 Å². The molecule has 3 N–H and O–H groups in total. The van der Waals surface area contributed by atoms with Gasteiger partial charge in [0.2, 0.25) is 5.91 Å². The standard InChI is InChI=1S/C12H18N2O2/c1-3-16-8-7-12(15)14-11-6-4-5-10(13)9(11)2/h4-6H,3,7-8,13H2,1-2H3,(H,14,15). The van der Waals surface area contributed by atoms with E-state index in [1.54, 1.807) is 0 Å². The van der Waals surface area contributed by atoms with Crippen molar-refractivity contribution in [1.82, 2.24) is 0 Å². The summed E-state index contributed by atoms with van der Waals surface area (Å²) in [5.74, 6) is -0.0536. The van der Waals surface area contributed by atoms with E-state index < -0.39 is 0 Å². The summed E-state index contributed by atoms with van der Waals surface area (Å²) in [5.41, 5.74) is 8.09. The quantitative estimate of drug-likeness (QED) is 0.591. The number of benzene rings is 1. The highest BCUT2D eigenvalue weighted by Gasteiger charge is 2.05. The van der Waals surface area contributed by atoms with Gasteiger partial charge in [0.15, 0.2) is 0 Å². The van der Waals surface area contributed by atoms with Crippen LogP contribution in [0.2, 0.25) is 0 Å². The molecule has 0 bridgehead atoms. The predicted molar refractivity (Wildman–Crippen MR) is 65.3 cm³/mol. The summed E-state index contributed by atoms with van der Waals surface area (Å²) in [6.45, 7) is 4.86. The number of nitrogens with one attached hydrogen (secondary N) is 1. The van der Waals surface area contributed by atoms with Crippen molar-refractivity contribution in [2.75, 3.05) is 24.3 Å². The van der Waals surface area contributed by atoms with Crippen molar-refractivity contribution in [1.29, 1.82) is 0 Å². The highest BCUT2D eigenvalue weighted by atomic mass is 16.5. The Hall–Kier alpha value is -1.55. The fourth-order valence-corrected chi connectivity index (χ4v) is 1.31. The Morgan fingerprint density at radius 1 is 1.50 bits per heavy atom. The number of anilines is 2. The number of carbonyl (C=O) groups is 1. The first-order valence-electron chi connectivity index (χ1n) is 5.37. The van der Waals surface area contributed by atoms with Crippen LogP contribution >= 0.6 is 0 Å². The minimum absolute atomic E-state index is 0.0536. The van der Waals surface area contributed by atoms with E-state index in [1.165, 1.54) is 0 Å². The maximum atomic E-state index is 11.5. The number of hydrogen-bond donors (Lipinski definition) is 2. The summed E-state index contributed by atoms with van der Waals surface area (Å²) in [7, 11) is 0. The second-order valence-electron chi connectivity index (χ2n) is 3.51. The van der Waals surface area contributed by atoms with Crippen molar-refractivity contribution in [3.8, 4) is 0 Å². The van der Waals surface area contributed by atoms with Crippen LogP contribution in [0.1, 0.15) is 18.9 Å². The number of nitrogens with two attached hydrogens (primary N) is 1. The van der Waals surface area contributed by atoms with Crippen molar-refractivity contribution in [2.45, 2.75) is 20.3 Å². The minimum Gasteiger partial charge on any atom is -0.398 e. The first-order valence-corrected chi connectivity index (χ1v) is 5.37. The average Bonchev–Trinajstić information content (AvgIpc) is 2.25. The van der Waals surface area contributed by atoms with Crippen LogP contribution in [0.25, 0.3) is 0 Å². The summed E-state index contributed by atoms with van der Waals surface area (Å²) in [6, 6.07) is 5.47. The van der Waals surface area contributed by atoms with Gasteiger partial charge in [-0.2, -0.15) is 0 Å². The zero-order valence-corrected chi connectivity index (χ0v) is 9.75. The van der Waals surface area contributed by atoms with Gasteiger partial charge < -0.3 is 15.8 Å². The van der Waals surface area contributed by atoms with Crippen LogP contribution in [0, 0.1) is 6.92 Å². The van der Waals surface area contributed by atoms with Gasteiger partial charge in [0.25, 0.3) is 0 Å². The van der Waals surface area contributed by atoms with Gasteiger partial charge in [-0.1, -0.05) is 6.07 Å². The highest BCUT2D eigenvalue weighted by Crippen LogP contribution is 2.20. The molecule has 0 atom stereocenters. The van der Waals surface area contributed by atoms with Crippen LogP contribution in [0.15, 0.2) is 18.2 Å². The number of hydrogen-bond acceptors (Lipinski definition) is 3. The lowest BCUT2D eigenvalue weighted by atomic mass is 10.1. The van der Waals surface area contributed by atoms with Crippen LogP contribution < -0.4 is 11.1 Å². The maximum Gasteiger partial charge on any atom is 0.226 e. The summed E-state index contributed by atoms with van der Waals surface area (Å²) >= 11 is 0. The van der Waals surface area contributed by atoms with E-state index in [0.717, 1.165) is 11.3 Å². The molecular weight excluding hydrogens is 204 g/mol. The summed E-state index contributed by atoms with van der Waals surface area (Å²) in [6.07, 6.45) is 0.363. The predicted octanol–water partition coefficient (Wildman–Crippen LogP) is 1.94. The van der Waals surface area contributed by atoms with Gasteiger partial charge in [0.1, 0.15) is 0 Å². The molecule has 16 heavy (non-hydrogen) atoms. The molecule has 88 valence electrons. The molecule has 0 spiro atoms. The zero-order chi connectivity index (χ0) is 12.0. The van der Waals surface area contributed by atoms with Crippen LogP contribution in [-0.4, -0.2) is 19.1 Å². The molecular formula is C12H18N2O2. The summed E-state index contributed by atoms with van der Waals surface area (Å²) in [5, 5.41) is 2.81.